The maximum absolute atomic E-state index is 14.9. The second-order valence-corrected chi connectivity index (χ2v) is 15.7. The van der Waals surface area contributed by atoms with Crippen molar-refractivity contribution < 1.29 is 176 Å². The van der Waals surface area contributed by atoms with Gasteiger partial charge in [-0.25, -0.2) is 91.1 Å². The molecule has 5 rings (SSSR count). The fraction of sp³-hybridized carbons (Fsp3) is 0. The van der Waals surface area contributed by atoms with E-state index in [9.17, 15) is 157 Å². The summed E-state index contributed by atoms with van der Waals surface area (Å²) in [6, 6.07) is 8.20. The molecule has 0 heterocycles. The average molecular weight is 1190 g/mol. The number of carbonyl (C=O) groups is 19. The molecule has 0 bridgehead atoms. The summed E-state index contributed by atoms with van der Waals surface area (Å²) in [5.74, 6) is -56.5. The van der Waals surface area contributed by atoms with Crippen molar-refractivity contribution in [2.75, 3.05) is 0 Å². The van der Waals surface area contributed by atoms with Crippen LogP contribution in [-0.2, 0) is 14.2 Å². The Morgan fingerprint density at radius 1 is 0.224 bits per heavy atom. The molecule has 0 aliphatic heterocycles. The molecule has 5 aromatic carbocycles. The zero-order chi connectivity index (χ0) is 64.3. The topological polar surface area (TPSA) is 624 Å². The van der Waals surface area contributed by atoms with E-state index in [2.05, 4.69) is 14.2 Å². The van der Waals surface area contributed by atoms with Gasteiger partial charge in [0.2, 0.25) is 0 Å². The lowest BCUT2D eigenvalue weighted by molar-refractivity contribution is 0.0343. The largest absolute Gasteiger partial charge is 0.507 e. The van der Waals surface area contributed by atoms with E-state index in [1.807, 2.05) is 0 Å². The van der Waals surface area contributed by atoms with Gasteiger partial charge in [0.05, 0.1) is 100 Å². The highest BCUT2D eigenvalue weighted by atomic mass is 16.6. The SMILES string of the molecule is O=C(OC(=O)c1c(C(=O)O)c(C(=O)O)c(C(=O)OC(=O)c2c(C(=O)O)c(C(=O)O)c(C(=O)O)c(C(=O)O)c2C(=O)O)c(C(=O)OC(=O)c2c(C(=O)O)c(C(=O)O)c(C(=O)O)c(C(=O)O)c2C(=O)O)c1C(=O)Oc1ccccc1)c1ccccc1O. The Kier molecular flexibility index (Phi) is 17.4. The second kappa shape index (κ2) is 23.8. The third-order valence-corrected chi connectivity index (χ3v) is 10.9. The number of aromatic hydroxyl groups is 1. The summed E-state index contributed by atoms with van der Waals surface area (Å²) in [7, 11) is 0. The maximum atomic E-state index is 14.9. The lowest BCUT2D eigenvalue weighted by atomic mass is 9.85. The summed E-state index contributed by atoms with van der Waals surface area (Å²) in [5.41, 5.74) is -44.8. The van der Waals surface area contributed by atoms with Crippen LogP contribution < -0.4 is 4.74 Å². The lowest BCUT2D eigenvalue weighted by Gasteiger charge is -2.21. The van der Waals surface area contributed by atoms with Gasteiger partial charge in [-0.3, -0.25) is 0 Å². The van der Waals surface area contributed by atoms with Gasteiger partial charge in [-0.05, 0) is 24.3 Å². The minimum absolute atomic E-state index is 0.672. The summed E-state index contributed by atoms with van der Waals surface area (Å²) in [4.78, 5) is 253. The van der Waals surface area contributed by atoms with E-state index in [0.29, 0.717) is 6.07 Å². The van der Waals surface area contributed by atoms with Crippen molar-refractivity contribution in [3.8, 4) is 11.5 Å². The minimum Gasteiger partial charge on any atom is -0.507 e. The lowest BCUT2D eigenvalue weighted by Crippen LogP contribution is -2.34. The molecule has 0 aliphatic carbocycles. The van der Waals surface area contributed by atoms with Crippen LogP contribution in [0, 0.1) is 0 Å². The van der Waals surface area contributed by atoms with Gasteiger partial charge in [-0.2, -0.15) is 0 Å². The Morgan fingerprint density at radius 2 is 0.412 bits per heavy atom. The molecule has 5 aromatic rings. The number of phenolic OH excluding ortho intramolecular Hbond substituents is 1. The number of carboxylic acids is 12. The second-order valence-electron chi connectivity index (χ2n) is 15.7. The third kappa shape index (κ3) is 11.5. The van der Waals surface area contributed by atoms with Crippen molar-refractivity contribution in [3.05, 3.63) is 160 Å². The van der Waals surface area contributed by atoms with Gasteiger partial charge in [-0.1, -0.05) is 30.3 Å². The molecule has 36 heteroatoms. The van der Waals surface area contributed by atoms with Gasteiger partial charge >= 0.3 is 113 Å². The molecule has 434 valence electrons. The summed E-state index contributed by atoms with van der Waals surface area (Å²) in [5, 5.41) is 132. The molecule has 0 amide bonds. The third-order valence-electron chi connectivity index (χ3n) is 10.9. The number of hydrogen-bond donors (Lipinski definition) is 13. The molecule has 0 aromatic heterocycles. The molecule has 0 saturated heterocycles. The normalized spacial score (nSPS) is 10.4. The molecule has 0 atom stereocenters. The summed E-state index contributed by atoms with van der Waals surface area (Å²) in [6.07, 6.45) is 0. The van der Waals surface area contributed by atoms with Crippen LogP contribution in [0.1, 0.15) is 197 Å². The van der Waals surface area contributed by atoms with Crippen LogP contribution in [-0.4, -0.2) is 180 Å². The standard InChI is InChI=1S/C49H22O36/c50-12-9-5-4-8-11(12)43(75)83-47(79)27-23(41(71)72)24(42(73)74)28(48(80)84-45(77)25-19(37(63)64)15(33(55)56)13(31(51)52)16(34(57)58)20(25)38(65)66)30(29(27)44(76)82-10-6-2-1-3-7-10)49(81)85-46(78)26-21(39(67)68)17(35(59)60)14(32(53)54)18(36(61)62)22(26)40(69)70/h1-9,50H,(H,51,52)(H,53,54)(H,55,56)(H,57,58)(H,59,60)(H,61,62)(H,63,64)(H,65,66)(H,67,68)(H,69,70)(H,71,72)(H,73,74). The quantitative estimate of drug-likeness (QED) is 0.0229. The van der Waals surface area contributed by atoms with E-state index >= 15 is 0 Å². The van der Waals surface area contributed by atoms with Crippen LogP contribution in [0.15, 0.2) is 54.6 Å². The summed E-state index contributed by atoms with van der Waals surface area (Å²) < 4.78 is 18.5. The van der Waals surface area contributed by atoms with Gasteiger partial charge in [0.1, 0.15) is 17.1 Å². The maximum Gasteiger partial charge on any atom is 0.349 e. The number of benzene rings is 5. The van der Waals surface area contributed by atoms with Crippen molar-refractivity contribution in [2.45, 2.75) is 0 Å². The van der Waals surface area contributed by atoms with Gasteiger partial charge in [0.15, 0.2) is 0 Å². The monoisotopic (exact) mass is 1190 g/mol. The Balaban J connectivity index is 2.11. The zero-order valence-corrected chi connectivity index (χ0v) is 40.4. The Bertz CT molecular complexity index is 3950. The van der Waals surface area contributed by atoms with Crippen molar-refractivity contribution in [1.29, 1.82) is 0 Å². The first-order chi connectivity index (χ1) is 39.5. The number of phenols is 1. The van der Waals surface area contributed by atoms with Crippen molar-refractivity contribution in [2.24, 2.45) is 0 Å². The van der Waals surface area contributed by atoms with Crippen LogP contribution in [0.25, 0.3) is 0 Å². The molecular weight excluding hydrogens is 1160 g/mol. The van der Waals surface area contributed by atoms with Crippen LogP contribution in [0.5, 0.6) is 11.5 Å². The minimum atomic E-state index is -3.23. The smallest absolute Gasteiger partial charge is 0.349 e. The van der Waals surface area contributed by atoms with Crippen LogP contribution >= 0.6 is 0 Å². The highest BCUT2D eigenvalue weighted by Crippen LogP contribution is 2.37. The van der Waals surface area contributed by atoms with E-state index < -0.39 is 231 Å². The predicted molar refractivity (Wildman–Crippen MR) is 252 cm³/mol. The first-order valence-corrected chi connectivity index (χ1v) is 21.4. The number of para-hydroxylation sites is 2. The Labute approximate surface area is 460 Å². The first-order valence-electron chi connectivity index (χ1n) is 21.4. The van der Waals surface area contributed by atoms with E-state index in [1.165, 1.54) is 6.07 Å². The number of rotatable bonds is 20. The molecule has 0 aliphatic rings. The number of carbonyl (C=O) groups excluding carboxylic acids is 7. The van der Waals surface area contributed by atoms with E-state index in [-0.39, 0.29) is 0 Å². The predicted octanol–water partition coefficient (Wildman–Crippen LogP) is 1.98. The van der Waals surface area contributed by atoms with Gasteiger partial charge < -0.3 is 85.3 Å². The molecule has 0 spiro atoms. The van der Waals surface area contributed by atoms with Gasteiger partial charge in [0.25, 0.3) is 0 Å². The molecule has 0 fully saturated rings. The highest BCUT2D eigenvalue weighted by molar-refractivity contribution is 6.30. The number of carboxylic acid groups (broad SMARTS) is 12. The molecule has 0 unspecified atom stereocenters. The average Bonchev–Trinajstić information content (AvgIpc) is 1.16. The summed E-state index contributed by atoms with van der Waals surface area (Å²) >= 11 is 0. The molecular formula is C49H22O36. The Morgan fingerprint density at radius 3 is 0.659 bits per heavy atom. The highest BCUT2D eigenvalue weighted by Gasteiger charge is 2.48. The number of ether oxygens (including phenoxy) is 4. The molecule has 0 saturated carbocycles. The molecule has 85 heavy (non-hydrogen) atoms. The van der Waals surface area contributed by atoms with E-state index in [4.69, 9.17) is 4.74 Å². The first kappa shape index (κ1) is 62.3. The molecule has 13 N–H and O–H groups in total. The van der Waals surface area contributed by atoms with E-state index in [1.54, 1.807) is 0 Å². The van der Waals surface area contributed by atoms with Gasteiger partial charge in [-0.15, -0.1) is 0 Å². The number of esters is 7. The number of hydrogen-bond acceptors (Lipinski definition) is 24. The van der Waals surface area contributed by atoms with Gasteiger partial charge in [0, 0.05) is 0 Å². The van der Waals surface area contributed by atoms with Crippen molar-refractivity contribution >= 4 is 113 Å². The number of aromatic carboxylic acids is 12. The van der Waals surface area contributed by atoms with Crippen LogP contribution in [0.3, 0.4) is 0 Å². The Hall–Kier alpha value is -13.6. The fourth-order valence-electron chi connectivity index (χ4n) is 7.90. The van der Waals surface area contributed by atoms with Crippen LogP contribution in [0.2, 0.25) is 0 Å². The zero-order valence-electron chi connectivity index (χ0n) is 40.4. The van der Waals surface area contributed by atoms with E-state index in [0.717, 1.165) is 42.5 Å². The van der Waals surface area contributed by atoms with Crippen molar-refractivity contribution in [3.63, 3.8) is 0 Å². The molecule has 0 radical (unpaired) electrons. The van der Waals surface area contributed by atoms with Crippen LogP contribution in [0.4, 0.5) is 0 Å². The summed E-state index contributed by atoms with van der Waals surface area (Å²) in [6.45, 7) is 0. The fourth-order valence-corrected chi connectivity index (χ4v) is 7.90. The molecule has 36 nitrogen and oxygen atoms in total. The van der Waals surface area contributed by atoms with Crippen molar-refractivity contribution in [1.82, 2.24) is 0 Å².